The number of ether oxygens (including phenoxy) is 1. The Morgan fingerprint density at radius 3 is 2.62 bits per heavy atom. The van der Waals surface area contributed by atoms with Gasteiger partial charge in [0.15, 0.2) is 6.04 Å². The van der Waals surface area contributed by atoms with Crippen LogP contribution in [0.5, 0.6) is 0 Å². The van der Waals surface area contributed by atoms with Crippen molar-refractivity contribution in [2.45, 2.75) is 18.9 Å². The highest BCUT2D eigenvalue weighted by atomic mass is 16.5. The molecule has 0 radical (unpaired) electrons. The molecular formula is C11H15NO4. The summed E-state index contributed by atoms with van der Waals surface area (Å²) in [5.41, 5.74) is 0. The zero-order valence-electron chi connectivity index (χ0n) is 8.96. The van der Waals surface area contributed by atoms with Gasteiger partial charge in [-0.2, -0.15) is 0 Å². The van der Waals surface area contributed by atoms with Crippen molar-refractivity contribution in [2.24, 2.45) is 5.92 Å². The number of carboxylic acids is 1. The summed E-state index contributed by atoms with van der Waals surface area (Å²) in [5.74, 6) is -1.11. The normalized spacial score (nSPS) is 26.0. The lowest BCUT2D eigenvalue weighted by Crippen LogP contribution is -2.54. The molecule has 1 fully saturated rings. The summed E-state index contributed by atoms with van der Waals surface area (Å²) < 4.78 is 5.10. The van der Waals surface area contributed by atoms with Crippen LogP contribution in [0.1, 0.15) is 12.8 Å². The molecule has 2 aliphatic rings. The lowest BCUT2D eigenvalue weighted by Gasteiger charge is -2.34. The maximum absolute atomic E-state index is 12.1. The van der Waals surface area contributed by atoms with Crippen LogP contribution >= 0.6 is 0 Å². The van der Waals surface area contributed by atoms with E-state index in [0.717, 1.165) is 12.8 Å². The molecule has 0 aromatic heterocycles. The molecular weight excluding hydrogens is 210 g/mol. The fourth-order valence-corrected chi connectivity index (χ4v) is 2.13. The Hall–Kier alpha value is -1.36. The molecule has 1 N–H and O–H groups in total. The molecule has 1 aliphatic carbocycles. The molecule has 0 bridgehead atoms. The van der Waals surface area contributed by atoms with Gasteiger partial charge in [-0.1, -0.05) is 12.2 Å². The molecule has 0 saturated carbocycles. The van der Waals surface area contributed by atoms with Gasteiger partial charge < -0.3 is 14.7 Å². The second kappa shape index (κ2) is 4.65. The second-order valence-electron chi connectivity index (χ2n) is 4.10. The predicted octanol–water partition coefficient (Wildman–Crippen LogP) is 0.265. The van der Waals surface area contributed by atoms with Crippen LogP contribution in [0.4, 0.5) is 0 Å². The largest absolute Gasteiger partial charge is 0.480 e. The van der Waals surface area contributed by atoms with Crippen molar-refractivity contribution >= 4 is 11.9 Å². The summed E-state index contributed by atoms with van der Waals surface area (Å²) in [4.78, 5) is 24.5. The number of amides is 1. The summed E-state index contributed by atoms with van der Waals surface area (Å²) in [6, 6.07) is -0.818. The van der Waals surface area contributed by atoms with E-state index in [4.69, 9.17) is 9.84 Å². The van der Waals surface area contributed by atoms with E-state index in [1.54, 1.807) is 0 Å². The smallest absolute Gasteiger partial charge is 0.328 e. The maximum atomic E-state index is 12.1. The molecule has 1 aliphatic heterocycles. The highest BCUT2D eigenvalue weighted by molar-refractivity contribution is 5.85. The van der Waals surface area contributed by atoms with Gasteiger partial charge in [0.2, 0.25) is 5.91 Å². The summed E-state index contributed by atoms with van der Waals surface area (Å²) in [6.45, 7) is 0.906. The van der Waals surface area contributed by atoms with Gasteiger partial charge in [0, 0.05) is 12.5 Å². The number of hydrogen-bond donors (Lipinski definition) is 1. The first-order chi connectivity index (χ1) is 7.70. The summed E-state index contributed by atoms with van der Waals surface area (Å²) >= 11 is 0. The molecule has 88 valence electrons. The van der Waals surface area contributed by atoms with Crippen LogP contribution in [0.2, 0.25) is 0 Å². The molecule has 2 rings (SSSR count). The van der Waals surface area contributed by atoms with Crippen LogP contribution in [-0.2, 0) is 14.3 Å². The van der Waals surface area contributed by atoms with Crippen molar-refractivity contribution in [3.05, 3.63) is 12.2 Å². The minimum atomic E-state index is -0.987. The quantitative estimate of drug-likeness (QED) is 0.685. The maximum Gasteiger partial charge on any atom is 0.328 e. The molecule has 1 atom stereocenters. The van der Waals surface area contributed by atoms with E-state index in [1.165, 1.54) is 4.90 Å². The number of nitrogens with zero attached hydrogens (tertiary/aromatic N) is 1. The van der Waals surface area contributed by atoms with Crippen molar-refractivity contribution in [2.75, 3.05) is 19.8 Å². The number of carbonyl (C=O) groups is 2. The zero-order chi connectivity index (χ0) is 11.5. The Labute approximate surface area is 93.7 Å². The van der Waals surface area contributed by atoms with Crippen LogP contribution in [0.25, 0.3) is 0 Å². The van der Waals surface area contributed by atoms with Crippen molar-refractivity contribution in [3.63, 3.8) is 0 Å². The Balaban J connectivity index is 2.04. The molecule has 5 heteroatoms. The summed E-state index contributed by atoms with van der Waals surface area (Å²) in [6.07, 6.45) is 5.39. The summed E-state index contributed by atoms with van der Waals surface area (Å²) in [7, 11) is 0. The van der Waals surface area contributed by atoms with E-state index in [2.05, 4.69) is 0 Å². The third kappa shape index (κ3) is 2.09. The average Bonchev–Trinajstić information content (AvgIpc) is 2.81. The van der Waals surface area contributed by atoms with E-state index < -0.39 is 12.0 Å². The van der Waals surface area contributed by atoms with E-state index in [1.807, 2.05) is 12.2 Å². The Morgan fingerprint density at radius 2 is 2.00 bits per heavy atom. The Bertz CT molecular complexity index is 318. The molecule has 16 heavy (non-hydrogen) atoms. The summed E-state index contributed by atoms with van der Waals surface area (Å²) in [5, 5.41) is 9.01. The van der Waals surface area contributed by atoms with Gasteiger partial charge in [0.05, 0.1) is 13.2 Å². The molecule has 0 spiro atoms. The predicted molar refractivity (Wildman–Crippen MR) is 55.8 cm³/mol. The molecule has 1 saturated heterocycles. The van der Waals surface area contributed by atoms with Crippen LogP contribution in [0.3, 0.4) is 0 Å². The molecule has 1 heterocycles. The number of carboxylic acid groups (broad SMARTS) is 1. The van der Waals surface area contributed by atoms with Crippen molar-refractivity contribution in [1.82, 2.24) is 4.90 Å². The van der Waals surface area contributed by atoms with E-state index in [0.29, 0.717) is 13.2 Å². The lowest BCUT2D eigenvalue weighted by atomic mass is 10.0. The molecule has 1 unspecified atom stereocenters. The highest BCUT2D eigenvalue weighted by Gasteiger charge is 2.35. The van der Waals surface area contributed by atoms with Crippen LogP contribution in [0.15, 0.2) is 12.2 Å². The number of rotatable bonds is 2. The van der Waals surface area contributed by atoms with Crippen molar-refractivity contribution < 1.29 is 19.4 Å². The van der Waals surface area contributed by atoms with Gasteiger partial charge in [-0.3, -0.25) is 4.79 Å². The van der Waals surface area contributed by atoms with Crippen LogP contribution < -0.4 is 0 Å². The average molecular weight is 225 g/mol. The van der Waals surface area contributed by atoms with Gasteiger partial charge in [0.25, 0.3) is 0 Å². The lowest BCUT2D eigenvalue weighted by molar-refractivity contribution is -0.160. The van der Waals surface area contributed by atoms with Crippen LogP contribution in [-0.4, -0.2) is 47.7 Å². The number of aliphatic carboxylic acids is 1. The zero-order valence-corrected chi connectivity index (χ0v) is 8.96. The number of hydrogen-bond acceptors (Lipinski definition) is 3. The van der Waals surface area contributed by atoms with Gasteiger partial charge in [-0.15, -0.1) is 0 Å². The van der Waals surface area contributed by atoms with Crippen molar-refractivity contribution in [1.29, 1.82) is 0 Å². The second-order valence-corrected chi connectivity index (χ2v) is 4.10. The number of carbonyl (C=O) groups excluding carboxylic acids is 1. The minimum absolute atomic E-state index is 0.0549. The topological polar surface area (TPSA) is 66.8 Å². The van der Waals surface area contributed by atoms with Gasteiger partial charge in [-0.25, -0.2) is 4.79 Å². The fraction of sp³-hybridized carbons (Fsp3) is 0.636. The highest BCUT2D eigenvalue weighted by Crippen LogP contribution is 2.22. The third-order valence-electron chi connectivity index (χ3n) is 3.05. The van der Waals surface area contributed by atoms with Crippen LogP contribution in [0, 0.1) is 5.92 Å². The first-order valence-corrected chi connectivity index (χ1v) is 5.46. The Morgan fingerprint density at radius 1 is 1.31 bits per heavy atom. The molecule has 0 aromatic rings. The first-order valence-electron chi connectivity index (χ1n) is 5.46. The first kappa shape index (κ1) is 11.1. The number of morpholine rings is 1. The van der Waals surface area contributed by atoms with Crippen molar-refractivity contribution in [3.8, 4) is 0 Å². The Kier molecular flexibility index (Phi) is 3.24. The number of allylic oxidation sites excluding steroid dienone is 2. The van der Waals surface area contributed by atoms with Gasteiger partial charge in [0.1, 0.15) is 0 Å². The molecule has 1 amide bonds. The standard InChI is InChI=1S/C11H15NO4/c13-10(8-3-1-2-4-8)12-5-6-16-7-9(12)11(14)15/h1-2,8-9H,3-7H2,(H,14,15). The van der Waals surface area contributed by atoms with E-state index in [-0.39, 0.29) is 18.4 Å². The molecule has 0 aromatic carbocycles. The minimum Gasteiger partial charge on any atom is -0.480 e. The fourth-order valence-electron chi connectivity index (χ4n) is 2.13. The van der Waals surface area contributed by atoms with E-state index >= 15 is 0 Å². The monoisotopic (exact) mass is 225 g/mol. The third-order valence-corrected chi connectivity index (χ3v) is 3.05. The van der Waals surface area contributed by atoms with Gasteiger partial charge in [-0.05, 0) is 12.8 Å². The van der Waals surface area contributed by atoms with E-state index in [9.17, 15) is 9.59 Å². The SMILES string of the molecule is O=C(O)C1COCCN1C(=O)C1CC=CC1. The van der Waals surface area contributed by atoms with Gasteiger partial charge >= 0.3 is 5.97 Å². The molecule has 5 nitrogen and oxygen atoms in total.